The lowest BCUT2D eigenvalue weighted by Crippen LogP contribution is -2.53. The fourth-order valence-electron chi connectivity index (χ4n) is 3.27. The zero-order chi connectivity index (χ0) is 22.5. The van der Waals surface area contributed by atoms with Crippen molar-refractivity contribution in [2.24, 2.45) is 0 Å². The van der Waals surface area contributed by atoms with Crippen LogP contribution in [0, 0.1) is 20.8 Å². The van der Waals surface area contributed by atoms with Gasteiger partial charge in [0.2, 0.25) is 5.91 Å². The summed E-state index contributed by atoms with van der Waals surface area (Å²) in [6.07, 6.45) is 0. The summed E-state index contributed by atoms with van der Waals surface area (Å²) in [5.74, 6) is 0.244. The fourth-order valence-corrected chi connectivity index (χ4v) is 3.27. The van der Waals surface area contributed by atoms with E-state index < -0.39 is 6.04 Å². The summed E-state index contributed by atoms with van der Waals surface area (Å²) >= 11 is 0. The zero-order valence-corrected chi connectivity index (χ0v) is 19.2. The first kappa shape index (κ1) is 23.5. The molecule has 0 unspecified atom stereocenters. The number of ether oxygens (including phenoxy) is 1. The van der Waals surface area contributed by atoms with E-state index in [1.165, 1.54) is 0 Å². The van der Waals surface area contributed by atoms with Crippen LogP contribution in [0.5, 0.6) is 5.75 Å². The summed E-state index contributed by atoms with van der Waals surface area (Å²) in [5.41, 5.74) is 3.86. The van der Waals surface area contributed by atoms with Crippen LogP contribution < -0.4 is 10.1 Å². The molecular weight excluding hydrogens is 376 g/mol. The number of nitrogens with zero attached hydrogens (tertiary/aromatic N) is 1. The van der Waals surface area contributed by atoms with Gasteiger partial charge in [0.05, 0.1) is 0 Å². The molecule has 0 aliphatic heterocycles. The molecule has 0 aliphatic carbocycles. The van der Waals surface area contributed by atoms with Gasteiger partial charge >= 0.3 is 0 Å². The normalized spacial score (nSPS) is 12.2. The Balaban J connectivity index is 2.21. The molecule has 2 aromatic rings. The van der Waals surface area contributed by atoms with Crippen LogP contribution in [0.2, 0.25) is 0 Å². The minimum Gasteiger partial charge on any atom is -0.484 e. The van der Waals surface area contributed by atoms with Crippen molar-refractivity contribution in [3.05, 3.63) is 64.7 Å². The second-order valence-electron chi connectivity index (χ2n) is 8.98. The SMILES string of the molecule is Cc1cc(C)cc(OCC(=O)N(Cc2ccccc2C)[C@H](C)C(=O)NC(C)(C)C)c1. The van der Waals surface area contributed by atoms with Gasteiger partial charge in [0.15, 0.2) is 6.61 Å². The topological polar surface area (TPSA) is 58.6 Å². The van der Waals surface area contributed by atoms with Crippen LogP contribution in [0.3, 0.4) is 0 Å². The van der Waals surface area contributed by atoms with Crippen LogP contribution >= 0.6 is 0 Å². The number of hydrogen-bond acceptors (Lipinski definition) is 3. The first-order chi connectivity index (χ1) is 14.0. The van der Waals surface area contributed by atoms with Crippen LogP contribution in [0.15, 0.2) is 42.5 Å². The molecule has 0 saturated carbocycles. The number of aryl methyl sites for hydroxylation is 3. The number of carbonyl (C=O) groups excluding carboxylic acids is 2. The van der Waals surface area contributed by atoms with Crippen molar-refractivity contribution in [2.75, 3.05) is 6.61 Å². The molecular formula is C25H34N2O3. The summed E-state index contributed by atoms with van der Waals surface area (Å²) in [4.78, 5) is 27.5. The highest BCUT2D eigenvalue weighted by Crippen LogP contribution is 2.18. The van der Waals surface area contributed by atoms with E-state index in [1.807, 2.05) is 77.9 Å². The molecule has 0 aromatic heterocycles. The first-order valence-corrected chi connectivity index (χ1v) is 10.3. The van der Waals surface area contributed by atoms with E-state index in [2.05, 4.69) is 11.4 Å². The maximum atomic E-state index is 13.1. The van der Waals surface area contributed by atoms with E-state index in [4.69, 9.17) is 4.74 Å². The van der Waals surface area contributed by atoms with Gasteiger partial charge in [-0.2, -0.15) is 0 Å². The van der Waals surface area contributed by atoms with Crippen molar-refractivity contribution in [3.8, 4) is 5.75 Å². The predicted molar refractivity (Wildman–Crippen MR) is 120 cm³/mol. The summed E-state index contributed by atoms with van der Waals surface area (Å²) in [6, 6.07) is 13.1. The lowest BCUT2D eigenvalue weighted by molar-refractivity contribution is -0.142. The van der Waals surface area contributed by atoms with Crippen molar-refractivity contribution in [1.29, 1.82) is 0 Å². The molecule has 5 heteroatoms. The standard InChI is InChI=1S/C25H34N2O3/c1-17-12-18(2)14-22(13-17)30-16-23(28)27(15-21-11-9-8-10-19(21)3)20(4)24(29)26-25(5,6)7/h8-14,20H,15-16H2,1-7H3,(H,26,29)/t20-/m1/s1. The smallest absolute Gasteiger partial charge is 0.261 e. The van der Waals surface area contributed by atoms with Gasteiger partial charge in [0.1, 0.15) is 11.8 Å². The van der Waals surface area contributed by atoms with Crippen LogP contribution in [0.25, 0.3) is 0 Å². The Morgan fingerprint density at radius 3 is 2.20 bits per heavy atom. The fraction of sp³-hybridized carbons (Fsp3) is 0.440. The number of benzene rings is 2. The van der Waals surface area contributed by atoms with Crippen LogP contribution in [0.1, 0.15) is 49.9 Å². The Bertz CT molecular complexity index is 879. The molecule has 30 heavy (non-hydrogen) atoms. The Morgan fingerprint density at radius 2 is 1.63 bits per heavy atom. The first-order valence-electron chi connectivity index (χ1n) is 10.3. The second-order valence-corrected chi connectivity index (χ2v) is 8.98. The largest absolute Gasteiger partial charge is 0.484 e. The minimum atomic E-state index is -0.626. The average molecular weight is 411 g/mol. The van der Waals surface area contributed by atoms with E-state index in [0.717, 1.165) is 22.3 Å². The third kappa shape index (κ3) is 6.90. The quantitative estimate of drug-likeness (QED) is 0.739. The highest BCUT2D eigenvalue weighted by Gasteiger charge is 2.29. The number of rotatable bonds is 7. The van der Waals surface area contributed by atoms with Crippen molar-refractivity contribution >= 4 is 11.8 Å². The minimum absolute atomic E-state index is 0.123. The van der Waals surface area contributed by atoms with Crippen molar-refractivity contribution < 1.29 is 14.3 Å². The molecule has 0 radical (unpaired) electrons. The molecule has 2 rings (SSSR count). The number of nitrogens with one attached hydrogen (secondary N) is 1. The van der Waals surface area contributed by atoms with Crippen molar-refractivity contribution in [3.63, 3.8) is 0 Å². The van der Waals surface area contributed by atoms with E-state index in [1.54, 1.807) is 11.8 Å². The third-order valence-electron chi connectivity index (χ3n) is 4.82. The highest BCUT2D eigenvalue weighted by atomic mass is 16.5. The van der Waals surface area contributed by atoms with E-state index in [-0.39, 0.29) is 24.0 Å². The summed E-state index contributed by atoms with van der Waals surface area (Å²) in [5, 5.41) is 2.97. The van der Waals surface area contributed by atoms with Gasteiger partial charge < -0.3 is 15.0 Å². The molecule has 1 N–H and O–H groups in total. The van der Waals surface area contributed by atoms with Crippen LogP contribution in [0.4, 0.5) is 0 Å². The van der Waals surface area contributed by atoms with E-state index in [9.17, 15) is 9.59 Å². The van der Waals surface area contributed by atoms with Crippen LogP contribution in [-0.2, 0) is 16.1 Å². The third-order valence-corrected chi connectivity index (χ3v) is 4.82. The van der Waals surface area contributed by atoms with Crippen LogP contribution in [-0.4, -0.2) is 34.9 Å². The number of hydrogen-bond donors (Lipinski definition) is 1. The van der Waals surface area contributed by atoms with Gasteiger partial charge in [-0.15, -0.1) is 0 Å². The Hall–Kier alpha value is -2.82. The molecule has 0 saturated heterocycles. The molecule has 0 heterocycles. The monoisotopic (exact) mass is 410 g/mol. The molecule has 0 bridgehead atoms. The molecule has 1 atom stereocenters. The van der Waals surface area contributed by atoms with E-state index >= 15 is 0 Å². The van der Waals surface area contributed by atoms with Gasteiger partial charge in [-0.1, -0.05) is 30.3 Å². The molecule has 0 spiro atoms. The number of amides is 2. The highest BCUT2D eigenvalue weighted by molar-refractivity contribution is 5.88. The maximum Gasteiger partial charge on any atom is 0.261 e. The summed E-state index contributed by atoms with van der Waals surface area (Å²) in [7, 11) is 0. The molecule has 2 aromatic carbocycles. The lowest BCUT2D eigenvalue weighted by atomic mass is 10.1. The molecule has 2 amide bonds. The number of carbonyl (C=O) groups is 2. The van der Waals surface area contributed by atoms with Gasteiger partial charge in [-0.3, -0.25) is 9.59 Å². The Kier molecular flexibility index (Phi) is 7.65. The maximum absolute atomic E-state index is 13.1. The average Bonchev–Trinajstić information content (AvgIpc) is 2.63. The predicted octanol–water partition coefficient (Wildman–Crippen LogP) is 4.32. The Labute approximate surface area is 180 Å². The van der Waals surface area contributed by atoms with Gasteiger partial charge in [0, 0.05) is 12.1 Å². The summed E-state index contributed by atoms with van der Waals surface area (Å²) < 4.78 is 5.79. The Morgan fingerprint density at radius 1 is 1.03 bits per heavy atom. The molecule has 162 valence electrons. The second kappa shape index (κ2) is 9.79. The van der Waals surface area contributed by atoms with Crippen molar-refractivity contribution in [2.45, 2.75) is 66.6 Å². The zero-order valence-electron chi connectivity index (χ0n) is 19.2. The lowest BCUT2D eigenvalue weighted by Gasteiger charge is -2.31. The van der Waals surface area contributed by atoms with Crippen molar-refractivity contribution in [1.82, 2.24) is 10.2 Å². The molecule has 5 nitrogen and oxygen atoms in total. The van der Waals surface area contributed by atoms with Gasteiger partial charge in [-0.25, -0.2) is 0 Å². The van der Waals surface area contributed by atoms with E-state index in [0.29, 0.717) is 12.3 Å². The molecule has 0 aliphatic rings. The summed E-state index contributed by atoms with van der Waals surface area (Å²) in [6.45, 7) is 13.7. The molecule has 0 fully saturated rings. The van der Waals surface area contributed by atoms with Gasteiger partial charge in [0.25, 0.3) is 5.91 Å². The van der Waals surface area contributed by atoms with Gasteiger partial charge in [-0.05, 0) is 82.9 Å².